The minimum atomic E-state index is -1.16. The van der Waals surface area contributed by atoms with Crippen molar-refractivity contribution in [2.24, 2.45) is 0 Å². The lowest BCUT2D eigenvalue weighted by molar-refractivity contribution is -0.514. The van der Waals surface area contributed by atoms with E-state index in [-0.39, 0.29) is 6.10 Å². The van der Waals surface area contributed by atoms with Gasteiger partial charge in [-0.1, -0.05) is 20.3 Å². The molecular formula is C13H20O5. The molecule has 3 heterocycles. The van der Waals surface area contributed by atoms with Gasteiger partial charge >= 0.3 is 5.97 Å². The Balaban J connectivity index is 2.40. The van der Waals surface area contributed by atoms with Crippen molar-refractivity contribution in [1.29, 1.82) is 0 Å². The molecule has 0 aromatic carbocycles. The second-order valence-corrected chi connectivity index (χ2v) is 4.87. The largest absolute Gasteiger partial charge is 0.466 e. The summed E-state index contributed by atoms with van der Waals surface area (Å²) in [6, 6.07) is 0. The predicted molar refractivity (Wildman–Crippen MR) is 63.5 cm³/mol. The zero-order chi connectivity index (χ0) is 13.4. The molecule has 0 unspecified atom stereocenters. The lowest BCUT2D eigenvalue weighted by Crippen LogP contribution is -2.62. The van der Waals surface area contributed by atoms with Gasteiger partial charge in [-0.3, -0.25) is 0 Å². The number of rotatable bonds is 4. The van der Waals surface area contributed by atoms with Gasteiger partial charge in [-0.05, 0) is 25.8 Å². The molecule has 3 aliphatic rings. The second kappa shape index (κ2) is 4.64. The molecule has 0 N–H and O–H groups in total. The van der Waals surface area contributed by atoms with E-state index >= 15 is 0 Å². The summed E-state index contributed by atoms with van der Waals surface area (Å²) >= 11 is 0. The highest BCUT2D eigenvalue weighted by Crippen LogP contribution is 2.47. The van der Waals surface area contributed by atoms with Crippen LogP contribution in [-0.4, -0.2) is 30.6 Å². The van der Waals surface area contributed by atoms with Gasteiger partial charge in [0.1, 0.15) is 5.60 Å². The summed E-state index contributed by atoms with van der Waals surface area (Å²) in [7, 11) is 1.35. The van der Waals surface area contributed by atoms with Crippen LogP contribution in [0.5, 0.6) is 0 Å². The molecule has 1 fully saturated rings. The van der Waals surface area contributed by atoms with E-state index in [0.717, 1.165) is 12.8 Å². The summed E-state index contributed by atoms with van der Waals surface area (Å²) in [5.41, 5.74) is -0.303. The summed E-state index contributed by atoms with van der Waals surface area (Å²) < 4.78 is 10.7. The van der Waals surface area contributed by atoms with E-state index in [1.54, 1.807) is 6.92 Å². The van der Waals surface area contributed by atoms with Gasteiger partial charge in [0, 0.05) is 0 Å². The highest BCUT2D eigenvalue weighted by atomic mass is 17.3. The highest BCUT2D eigenvalue weighted by Gasteiger charge is 2.58. The first-order valence-corrected chi connectivity index (χ1v) is 6.37. The number of methoxy groups -OCH3 is 1. The van der Waals surface area contributed by atoms with Crippen LogP contribution in [0.1, 0.15) is 40.0 Å². The standard InChI is InChI=1S/C13H20O5/c1-5-7-10-13(6-2)8-9(11(14)15-4)12(3,16-10)17-18-13/h8,10H,5-7H2,1-4H3/t10-,12-,13+/m0/s1. The molecule has 0 saturated carbocycles. The van der Waals surface area contributed by atoms with Crippen LogP contribution in [0.15, 0.2) is 11.6 Å². The molecular weight excluding hydrogens is 236 g/mol. The fourth-order valence-electron chi connectivity index (χ4n) is 2.51. The summed E-state index contributed by atoms with van der Waals surface area (Å²) in [5.74, 6) is -1.60. The van der Waals surface area contributed by atoms with Gasteiger partial charge in [-0.2, -0.15) is 4.89 Å². The van der Waals surface area contributed by atoms with Gasteiger partial charge in [0.25, 0.3) is 0 Å². The Bertz CT molecular complexity index is 378. The number of carbonyl (C=O) groups excluding carboxylic acids is 1. The zero-order valence-corrected chi connectivity index (χ0v) is 11.3. The monoisotopic (exact) mass is 256 g/mol. The molecule has 3 atom stereocenters. The van der Waals surface area contributed by atoms with Crippen LogP contribution in [0.4, 0.5) is 0 Å². The van der Waals surface area contributed by atoms with Crippen LogP contribution in [-0.2, 0) is 24.0 Å². The first-order chi connectivity index (χ1) is 8.51. The van der Waals surface area contributed by atoms with Gasteiger partial charge in [0.2, 0.25) is 5.79 Å². The van der Waals surface area contributed by atoms with E-state index in [4.69, 9.17) is 19.2 Å². The third-order valence-corrected chi connectivity index (χ3v) is 3.65. The molecule has 3 rings (SSSR count). The maximum Gasteiger partial charge on any atom is 0.339 e. The van der Waals surface area contributed by atoms with Gasteiger partial charge in [-0.25, -0.2) is 9.68 Å². The summed E-state index contributed by atoms with van der Waals surface area (Å²) in [6.45, 7) is 5.75. The van der Waals surface area contributed by atoms with Gasteiger partial charge in [0.05, 0.1) is 18.8 Å². The molecule has 0 amide bonds. The fraction of sp³-hybridized carbons (Fsp3) is 0.769. The molecule has 0 aromatic rings. The van der Waals surface area contributed by atoms with Crippen molar-refractivity contribution >= 4 is 5.97 Å². The maximum absolute atomic E-state index is 11.8. The first kappa shape index (κ1) is 13.5. The molecule has 102 valence electrons. The Hall–Kier alpha value is -0.910. The van der Waals surface area contributed by atoms with Crippen LogP contribution in [0.3, 0.4) is 0 Å². The van der Waals surface area contributed by atoms with Crippen LogP contribution in [0.25, 0.3) is 0 Å². The minimum absolute atomic E-state index is 0.0975. The Morgan fingerprint density at radius 1 is 1.44 bits per heavy atom. The molecule has 0 radical (unpaired) electrons. The number of esters is 1. The maximum atomic E-state index is 11.8. The summed E-state index contributed by atoms with van der Waals surface area (Å²) in [4.78, 5) is 22.6. The van der Waals surface area contributed by atoms with E-state index in [1.165, 1.54) is 7.11 Å². The Labute approximate surface area is 107 Å². The lowest BCUT2D eigenvalue weighted by atomic mass is 9.83. The molecule has 3 aliphatic heterocycles. The van der Waals surface area contributed by atoms with Crippen molar-refractivity contribution in [2.75, 3.05) is 7.11 Å². The summed E-state index contributed by atoms with van der Waals surface area (Å²) in [6.07, 6.45) is 4.23. The smallest absolute Gasteiger partial charge is 0.339 e. The average Bonchev–Trinajstić information content (AvgIpc) is 2.38. The van der Waals surface area contributed by atoms with Crippen molar-refractivity contribution < 1.29 is 24.0 Å². The minimum Gasteiger partial charge on any atom is -0.466 e. The third-order valence-electron chi connectivity index (χ3n) is 3.65. The molecule has 2 bridgehead atoms. The Kier molecular flexibility index (Phi) is 3.49. The number of fused-ring (bicyclic) bond motifs is 2. The van der Waals surface area contributed by atoms with Gasteiger partial charge < -0.3 is 9.47 Å². The van der Waals surface area contributed by atoms with Crippen molar-refractivity contribution in [3.8, 4) is 0 Å². The average molecular weight is 256 g/mol. The second-order valence-electron chi connectivity index (χ2n) is 4.87. The van der Waals surface area contributed by atoms with Crippen molar-refractivity contribution in [3.05, 3.63) is 11.6 Å². The highest BCUT2D eigenvalue weighted by molar-refractivity contribution is 5.90. The third kappa shape index (κ3) is 1.86. The molecule has 0 spiro atoms. The number of carbonyl (C=O) groups is 1. The van der Waals surface area contributed by atoms with Crippen molar-refractivity contribution in [2.45, 2.75) is 57.5 Å². The van der Waals surface area contributed by atoms with E-state index in [9.17, 15) is 4.79 Å². The van der Waals surface area contributed by atoms with E-state index < -0.39 is 17.4 Å². The fourth-order valence-corrected chi connectivity index (χ4v) is 2.51. The number of hydrogen-bond acceptors (Lipinski definition) is 5. The topological polar surface area (TPSA) is 54.0 Å². The van der Waals surface area contributed by atoms with Crippen LogP contribution < -0.4 is 0 Å². The first-order valence-electron chi connectivity index (χ1n) is 6.37. The quantitative estimate of drug-likeness (QED) is 0.569. The van der Waals surface area contributed by atoms with Crippen LogP contribution in [0.2, 0.25) is 0 Å². The molecule has 0 aromatic heterocycles. The van der Waals surface area contributed by atoms with Crippen LogP contribution >= 0.6 is 0 Å². The van der Waals surface area contributed by atoms with Crippen molar-refractivity contribution in [3.63, 3.8) is 0 Å². The SMILES string of the molecule is CCC[C@@H]1O[C@@]2(C)OO[C@]1(CC)C=C2C(=O)OC. The zero-order valence-electron chi connectivity index (χ0n) is 11.3. The summed E-state index contributed by atoms with van der Waals surface area (Å²) in [5, 5.41) is 0. The van der Waals surface area contributed by atoms with Gasteiger partial charge in [0.15, 0.2) is 0 Å². The van der Waals surface area contributed by atoms with Crippen molar-refractivity contribution in [1.82, 2.24) is 0 Å². The lowest BCUT2D eigenvalue weighted by Gasteiger charge is -2.51. The number of ether oxygens (including phenoxy) is 2. The van der Waals surface area contributed by atoms with E-state index in [2.05, 4.69) is 6.92 Å². The molecule has 5 nitrogen and oxygen atoms in total. The number of hydrogen-bond donors (Lipinski definition) is 0. The Morgan fingerprint density at radius 3 is 2.72 bits per heavy atom. The Morgan fingerprint density at radius 2 is 2.17 bits per heavy atom. The van der Waals surface area contributed by atoms with Gasteiger partial charge in [-0.15, -0.1) is 0 Å². The van der Waals surface area contributed by atoms with E-state index in [1.807, 2.05) is 13.0 Å². The normalized spacial score (nSPS) is 38.4. The molecule has 0 aliphatic carbocycles. The molecule has 1 saturated heterocycles. The predicted octanol–water partition coefficient (Wildman–Crippen LogP) is 2.11. The molecule has 18 heavy (non-hydrogen) atoms. The van der Waals surface area contributed by atoms with E-state index in [0.29, 0.717) is 12.0 Å². The molecule has 5 heteroatoms. The van der Waals surface area contributed by atoms with Crippen LogP contribution in [0, 0.1) is 0 Å².